The van der Waals surface area contributed by atoms with E-state index in [4.69, 9.17) is 23.9 Å². The number of para-hydroxylation sites is 1. The highest BCUT2D eigenvalue weighted by atomic mass is 28.3. The third kappa shape index (κ3) is 5.88. The zero-order chi connectivity index (χ0) is 20.9. The second-order valence-electron chi connectivity index (χ2n) is 8.58. The summed E-state index contributed by atoms with van der Waals surface area (Å²) in [7, 11) is 0.212. The van der Waals surface area contributed by atoms with Gasteiger partial charge in [0.25, 0.3) is 0 Å². The molecule has 1 fully saturated rings. The van der Waals surface area contributed by atoms with Gasteiger partial charge in [0.2, 0.25) is 0 Å². The molecular formula is C21H32N2O5Si. The molecule has 0 saturated carbocycles. The Balaban J connectivity index is 1.82. The van der Waals surface area contributed by atoms with Gasteiger partial charge in [-0.15, -0.1) is 0 Å². The highest BCUT2D eigenvalue weighted by molar-refractivity contribution is 6.76. The number of methoxy groups -OCH3 is 1. The fraction of sp³-hybridized carbons (Fsp3) is 0.619. The highest BCUT2D eigenvalue weighted by Gasteiger charge is 2.21. The molecule has 2 aromatic rings. The molecule has 0 aliphatic carbocycles. The first-order valence-corrected chi connectivity index (χ1v) is 14.0. The van der Waals surface area contributed by atoms with Gasteiger partial charge in [-0.3, -0.25) is 0 Å². The van der Waals surface area contributed by atoms with Gasteiger partial charge in [-0.2, -0.15) is 0 Å². The van der Waals surface area contributed by atoms with Crippen LogP contribution in [0.3, 0.4) is 0 Å². The number of hydrogen-bond acceptors (Lipinski definition) is 6. The van der Waals surface area contributed by atoms with Gasteiger partial charge in [-0.05, 0) is 37.4 Å². The van der Waals surface area contributed by atoms with E-state index in [0.717, 1.165) is 43.3 Å². The van der Waals surface area contributed by atoms with E-state index >= 15 is 0 Å². The molecule has 1 aliphatic rings. The zero-order valence-electron chi connectivity index (χ0n) is 17.9. The van der Waals surface area contributed by atoms with Crippen LogP contribution in [0.15, 0.2) is 18.2 Å². The lowest BCUT2D eigenvalue weighted by Gasteiger charge is -2.22. The lowest BCUT2D eigenvalue weighted by Crippen LogP contribution is -2.23. The van der Waals surface area contributed by atoms with E-state index in [9.17, 15) is 4.79 Å². The first-order valence-electron chi connectivity index (χ1n) is 10.3. The van der Waals surface area contributed by atoms with Crippen LogP contribution in [-0.4, -0.2) is 50.2 Å². The van der Waals surface area contributed by atoms with Crippen molar-refractivity contribution in [2.75, 3.05) is 20.3 Å². The summed E-state index contributed by atoms with van der Waals surface area (Å²) >= 11 is 0. The third-order valence-corrected chi connectivity index (χ3v) is 6.72. The normalized spacial score (nSPS) is 17.6. The number of rotatable bonds is 9. The summed E-state index contributed by atoms with van der Waals surface area (Å²) in [6.07, 6.45) is 2.87. The van der Waals surface area contributed by atoms with Crippen molar-refractivity contribution in [2.24, 2.45) is 0 Å². The second kappa shape index (κ2) is 9.84. The summed E-state index contributed by atoms with van der Waals surface area (Å²) in [5.41, 5.74) is 1.89. The fourth-order valence-corrected chi connectivity index (χ4v) is 4.03. The Morgan fingerprint density at radius 1 is 1.31 bits per heavy atom. The maximum Gasteiger partial charge on any atom is 0.340 e. The molecule has 2 heterocycles. The quantitative estimate of drug-likeness (QED) is 0.344. The van der Waals surface area contributed by atoms with Gasteiger partial charge in [0, 0.05) is 21.3 Å². The molecule has 1 atom stereocenters. The molecule has 0 N–H and O–H groups in total. The number of carbonyl (C=O) groups is 1. The van der Waals surface area contributed by atoms with Crippen molar-refractivity contribution in [3.05, 3.63) is 29.6 Å². The summed E-state index contributed by atoms with van der Waals surface area (Å²) in [4.78, 5) is 16.9. The van der Waals surface area contributed by atoms with Gasteiger partial charge in [0.05, 0.1) is 18.2 Å². The van der Waals surface area contributed by atoms with Gasteiger partial charge < -0.3 is 23.5 Å². The van der Waals surface area contributed by atoms with Gasteiger partial charge in [0.15, 0.2) is 6.29 Å². The third-order valence-electron chi connectivity index (χ3n) is 5.02. The lowest BCUT2D eigenvalue weighted by atomic mass is 10.2. The van der Waals surface area contributed by atoms with E-state index < -0.39 is 14.0 Å². The number of carbonyl (C=O) groups excluding carboxylic acids is 1. The van der Waals surface area contributed by atoms with Crippen LogP contribution < -0.4 is 0 Å². The van der Waals surface area contributed by atoms with Crippen LogP contribution in [0.2, 0.25) is 25.7 Å². The highest BCUT2D eigenvalue weighted by Crippen LogP contribution is 2.23. The first-order chi connectivity index (χ1) is 13.9. The Kier molecular flexibility index (Phi) is 7.45. The standard InChI is InChI=1S/C21H32N2O5Si/c1-25-21(24)16-8-7-9-17-20(16)22-18(14-28-19-10-5-6-11-27-19)23(17)15-26-12-13-29(2,3)4/h7-9,19H,5-6,10-15H2,1-4H3. The molecule has 0 spiro atoms. The van der Waals surface area contributed by atoms with E-state index in [1.807, 2.05) is 16.7 Å². The van der Waals surface area contributed by atoms with E-state index in [0.29, 0.717) is 31.0 Å². The number of imidazole rings is 1. The molecule has 0 amide bonds. The number of benzene rings is 1. The smallest absolute Gasteiger partial charge is 0.340 e. The first kappa shape index (κ1) is 22.0. The lowest BCUT2D eigenvalue weighted by molar-refractivity contribution is -0.170. The molecule has 1 saturated heterocycles. The summed E-state index contributed by atoms with van der Waals surface area (Å²) in [5.74, 6) is 0.321. The van der Waals surface area contributed by atoms with E-state index in [1.54, 1.807) is 6.07 Å². The molecular weight excluding hydrogens is 388 g/mol. The van der Waals surface area contributed by atoms with Crippen LogP contribution in [0.4, 0.5) is 0 Å². The average Bonchev–Trinajstić information content (AvgIpc) is 3.06. The van der Waals surface area contributed by atoms with Crippen molar-refractivity contribution >= 4 is 25.1 Å². The summed E-state index contributed by atoms with van der Waals surface area (Å²) < 4.78 is 24.5. The number of ether oxygens (including phenoxy) is 4. The molecule has 0 bridgehead atoms. The number of nitrogens with zero attached hydrogens (tertiary/aromatic N) is 2. The molecule has 7 nitrogen and oxygen atoms in total. The Bertz CT molecular complexity index is 824. The van der Waals surface area contributed by atoms with Crippen LogP contribution in [0.25, 0.3) is 11.0 Å². The summed E-state index contributed by atoms with van der Waals surface area (Å²) in [5, 5.41) is 0. The average molecular weight is 421 g/mol. The summed E-state index contributed by atoms with van der Waals surface area (Å²) in [6, 6.07) is 6.60. The Labute approximate surface area is 173 Å². The molecule has 1 unspecified atom stereocenters. The van der Waals surface area contributed by atoms with Crippen molar-refractivity contribution in [1.29, 1.82) is 0 Å². The van der Waals surface area contributed by atoms with Gasteiger partial charge in [-0.25, -0.2) is 9.78 Å². The molecule has 29 heavy (non-hydrogen) atoms. The Hall–Kier alpha value is -1.74. The van der Waals surface area contributed by atoms with Crippen LogP contribution >= 0.6 is 0 Å². The topological polar surface area (TPSA) is 71.8 Å². The molecule has 1 aliphatic heterocycles. The minimum Gasteiger partial charge on any atom is -0.465 e. The molecule has 0 radical (unpaired) electrons. The molecule has 1 aromatic heterocycles. The number of hydrogen-bond donors (Lipinski definition) is 0. The molecule has 8 heteroatoms. The minimum atomic E-state index is -1.17. The summed E-state index contributed by atoms with van der Waals surface area (Å²) in [6.45, 7) is 9.10. The van der Waals surface area contributed by atoms with Crippen molar-refractivity contribution in [3.63, 3.8) is 0 Å². The maximum atomic E-state index is 12.2. The van der Waals surface area contributed by atoms with Crippen molar-refractivity contribution in [1.82, 2.24) is 9.55 Å². The van der Waals surface area contributed by atoms with Gasteiger partial charge in [-0.1, -0.05) is 25.7 Å². The van der Waals surface area contributed by atoms with Crippen LogP contribution in [0.1, 0.15) is 35.4 Å². The van der Waals surface area contributed by atoms with Gasteiger partial charge in [0.1, 0.15) is 24.7 Å². The predicted octanol–water partition coefficient (Wildman–Crippen LogP) is 4.18. The molecule has 160 valence electrons. The Morgan fingerprint density at radius 3 is 2.83 bits per heavy atom. The van der Waals surface area contributed by atoms with E-state index in [2.05, 4.69) is 19.6 Å². The SMILES string of the molecule is COC(=O)c1cccc2c1nc(COC1CCCCO1)n2COCC[Si](C)(C)C. The Morgan fingerprint density at radius 2 is 2.14 bits per heavy atom. The van der Waals surface area contributed by atoms with E-state index in [1.165, 1.54) is 7.11 Å². The molecule has 1 aromatic carbocycles. The zero-order valence-corrected chi connectivity index (χ0v) is 18.9. The van der Waals surface area contributed by atoms with Crippen LogP contribution in [0.5, 0.6) is 0 Å². The van der Waals surface area contributed by atoms with Crippen molar-refractivity contribution in [2.45, 2.75) is 64.6 Å². The monoisotopic (exact) mass is 420 g/mol. The minimum absolute atomic E-state index is 0.204. The maximum absolute atomic E-state index is 12.2. The van der Waals surface area contributed by atoms with Crippen LogP contribution in [0, 0.1) is 0 Å². The number of esters is 1. The van der Waals surface area contributed by atoms with Crippen molar-refractivity contribution < 1.29 is 23.7 Å². The largest absolute Gasteiger partial charge is 0.465 e. The fourth-order valence-electron chi connectivity index (χ4n) is 3.27. The number of aromatic nitrogens is 2. The number of fused-ring (bicyclic) bond motifs is 1. The van der Waals surface area contributed by atoms with Gasteiger partial charge >= 0.3 is 5.97 Å². The van der Waals surface area contributed by atoms with E-state index in [-0.39, 0.29) is 6.29 Å². The van der Waals surface area contributed by atoms with Crippen LogP contribution in [-0.2, 0) is 32.3 Å². The second-order valence-corrected chi connectivity index (χ2v) is 14.2. The predicted molar refractivity (Wildman–Crippen MR) is 114 cm³/mol. The molecule has 3 rings (SSSR count). The van der Waals surface area contributed by atoms with Crippen molar-refractivity contribution in [3.8, 4) is 0 Å².